The highest BCUT2D eigenvalue weighted by molar-refractivity contribution is 7.99. The molecule has 92 valence electrons. The first kappa shape index (κ1) is 11.3. The molecule has 5 heteroatoms. The van der Waals surface area contributed by atoms with E-state index >= 15 is 0 Å². The molecule has 1 aliphatic rings. The van der Waals surface area contributed by atoms with Crippen LogP contribution in [0.3, 0.4) is 0 Å². The van der Waals surface area contributed by atoms with Crippen LogP contribution in [0.4, 0.5) is 5.82 Å². The van der Waals surface area contributed by atoms with E-state index < -0.39 is 0 Å². The molecule has 0 aromatic carbocycles. The molecule has 0 aliphatic carbocycles. The number of pyridine rings is 1. The molecule has 0 fully saturated rings. The van der Waals surface area contributed by atoms with E-state index in [-0.39, 0.29) is 5.91 Å². The smallest absolute Gasteiger partial charge is 0.253 e. The number of aromatic nitrogens is 2. The molecule has 2 aromatic rings. The molecule has 1 N–H and O–H groups in total. The van der Waals surface area contributed by atoms with E-state index in [1.807, 2.05) is 34.9 Å². The van der Waals surface area contributed by atoms with Crippen molar-refractivity contribution >= 4 is 29.1 Å². The zero-order valence-corrected chi connectivity index (χ0v) is 10.6. The van der Waals surface area contributed by atoms with Crippen LogP contribution in [-0.2, 0) is 4.79 Å². The number of nitrogens with zero attached hydrogens (tertiary/aromatic N) is 2. The van der Waals surface area contributed by atoms with Gasteiger partial charge in [-0.05, 0) is 24.3 Å². The van der Waals surface area contributed by atoms with Crippen molar-refractivity contribution in [2.45, 2.75) is 6.42 Å². The molecule has 1 amide bonds. The van der Waals surface area contributed by atoms with Crippen molar-refractivity contribution in [3.8, 4) is 0 Å². The van der Waals surface area contributed by atoms with Gasteiger partial charge in [-0.2, -0.15) is 11.8 Å². The third-order valence-electron chi connectivity index (χ3n) is 2.87. The van der Waals surface area contributed by atoms with Gasteiger partial charge in [0.1, 0.15) is 11.5 Å². The Bertz CT molecular complexity index is 617. The summed E-state index contributed by atoms with van der Waals surface area (Å²) in [6.07, 6.45) is 6.57. The molecule has 3 heterocycles. The number of amides is 1. The fourth-order valence-corrected chi connectivity index (χ4v) is 2.86. The maximum absolute atomic E-state index is 12.1. The second-order valence-corrected chi connectivity index (χ2v) is 5.20. The number of thioether (sulfide) groups is 1. The Kier molecular flexibility index (Phi) is 3.06. The molecule has 1 aliphatic heterocycles. The Labute approximate surface area is 109 Å². The number of imidazole rings is 1. The Balaban J connectivity index is 1.86. The first-order valence-electron chi connectivity index (χ1n) is 5.85. The standard InChI is InChI=1S/C13H13N3OS/c17-13(10-3-2-8-18-9-10)15-12-5-1-4-11-14-6-7-16(11)12/h1,3-7H,2,8-9H2,(H,15,17). The average molecular weight is 259 g/mol. The lowest BCUT2D eigenvalue weighted by Crippen LogP contribution is -2.19. The van der Waals surface area contributed by atoms with Crippen molar-refractivity contribution < 1.29 is 4.79 Å². The van der Waals surface area contributed by atoms with Crippen molar-refractivity contribution in [1.82, 2.24) is 9.38 Å². The number of hydrogen-bond donors (Lipinski definition) is 1. The third kappa shape index (κ3) is 2.13. The molecule has 0 saturated carbocycles. The maximum atomic E-state index is 12.1. The maximum Gasteiger partial charge on any atom is 0.253 e. The molecule has 3 rings (SSSR count). The number of carbonyl (C=O) groups is 1. The third-order valence-corrected chi connectivity index (χ3v) is 3.91. The van der Waals surface area contributed by atoms with E-state index in [1.54, 1.807) is 18.0 Å². The van der Waals surface area contributed by atoms with Gasteiger partial charge < -0.3 is 5.32 Å². The Hall–Kier alpha value is -1.75. The van der Waals surface area contributed by atoms with E-state index in [0.29, 0.717) is 0 Å². The highest BCUT2D eigenvalue weighted by Gasteiger charge is 2.13. The van der Waals surface area contributed by atoms with Gasteiger partial charge >= 0.3 is 0 Å². The number of hydrogen-bond acceptors (Lipinski definition) is 3. The van der Waals surface area contributed by atoms with Crippen molar-refractivity contribution in [1.29, 1.82) is 0 Å². The van der Waals surface area contributed by atoms with E-state index in [1.165, 1.54) is 0 Å². The summed E-state index contributed by atoms with van der Waals surface area (Å²) in [5.74, 6) is 2.65. The van der Waals surface area contributed by atoms with Crippen LogP contribution in [0.25, 0.3) is 5.65 Å². The second kappa shape index (κ2) is 4.86. The van der Waals surface area contributed by atoms with Gasteiger partial charge in [-0.3, -0.25) is 9.20 Å². The molecule has 0 bridgehead atoms. The minimum atomic E-state index is -0.0107. The summed E-state index contributed by atoms with van der Waals surface area (Å²) in [6, 6.07) is 5.68. The lowest BCUT2D eigenvalue weighted by atomic mass is 10.2. The molecule has 18 heavy (non-hydrogen) atoms. The van der Waals surface area contributed by atoms with Crippen molar-refractivity contribution in [2.24, 2.45) is 0 Å². The normalized spacial score (nSPS) is 15.4. The summed E-state index contributed by atoms with van der Waals surface area (Å²) in [5, 5.41) is 2.94. The molecular weight excluding hydrogens is 246 g/mol. The summed E-state index contributed by atoms with van der Waals surface area (Å²) in [6.45, 7) is 0. The van der Waals surface area contributed by atoms with E-state index in [4.69, 9.17) is 0 Å². The number of rotatable bonds is 2. The summed E-state index contributed by atoms with van der Waals surface area (Å²) >= 11 is 1.80. The molecule has 0 radical (unpaired) electrons. The largest absolute Gasteiger partial charge is 0.308 e. The Morgan fingerprint density at radius 3 is 3.22 bits per heavy atom. The first-order chi connectivity index (χ1) is 8.84. The number of fused-ring (bicyclic) bond motifs is 1. The van der Waals surface area contributed by atoms with E-state index in [2.05, 4.69) is 10.3 Å². The lowest BCUT2D eigenvalue weighted by molar-refractivity contribution is -0.112. The Morgan fingerprint density at radius 1 is 1.44 bits per heavy atom. The quantitative estimate of drug-likeness (QED) is 0.900. The van der Waals surface area contributed by atoms with Crippen LogP contribution < -0.4 is 5.32 Å². The molecule has 2 aromatic heterocycles. The number of carbonyl (C=O) groups excluding carboxylic acids is 1. The second-order valence-electron chi connectivity index (χ2n) is 4.09. The van der Waals surface area contributed by atoms with Crippen LogP contribution >= 0.6 is 11.8 Å². The number of nitrogens with one attached hydrogen (secondary N) is 1. The van der Waals surface area contributed by atoms with Crippen LogP contribution in [0.1, 0.15) is 6.42 Å². The molecule has 4 nitrogen and oxygen atoms in total. The van der Waals surface area contributed by atoms with Gasteiger partial charge in [0.15, 0.2) is 0 Å². The van der Waals surface area contributed by atoms with Crippen molar-refractivity contribution in [2.75, 3.05) is 16.8 Å². The minimum absolute atomic E-state index is 0.0107. The lowest BCUT2D eigenvalue weighted by Gasteiger charge is -2.13. The molecule has 0 unspecified atom stereocenters. The molecular formula is C13H13N3OS. The van der Waals surface area contributed by atoms with Gasteiger partial charge in [-0.25, -0.2) is 4.98 Å². The topological polar surface area (TPSA) is 46.4 Å². The number of allylic oxidation sites excluding steroid dienone is 1. The Morgan fingerprint density at radius 2 is 2.39 bits per heavy atom. The van der Waals surface area contributed by atoms with E-state index in [0.717, 1.165) is 35.0 Å². The first-order valence-corrected chi connectivity index (χ1v) is 7.00. The SMILES string of the molecule is O=C(Nc1cccc2nccn12)C1=CCCSC1. The minimum Gasteiger partial charge on any atom is -0.308 e. The van der Waals surface area contributed by atoms with E-state index in [9.17, 15) is 4.79 Å². The highest BCUT2D eigenvalue weighted by Crippen LogP contribution is 2.19. The zero-order chi connectivity index (χ0) is 12.4. The summed E-state index contributed by atoms with van der Waals surface area (Å²) in [7, 11) is 0. The van der Waals surface area contributed by atoms with Crippen LogP contribution in [-0.4, -0.2) is 26.8 Å². The fraction of sp³-hybridized carbons (Fsp3) is 0.231. The molecule has 0 spiro atoms. The zero-order valence-electron chi connectivity index (χ0n) is 9.80. The predicted molar refractivity (Wildman–Crippen MR) is 73.8 cm³/mol. The summed E-state index contributed by atoms with van der Waals surface area (Å²) in [4.78, 5) is 16.3. The van der Waals surface area contributed by atoms with Crippen molar-refractivity contribution in [3.05, 3.63) is 42.2 Å². The van der Waals surface area contributed by atoms with Gasteiger partial charge in [-0.1, -0.05) is 12.1 Å². The van der Waals surface area contributed by atoms with Crippen LogP contribution in [0.2, 0.25) is 0 Å². The van der Waals surface area contributed by atoms with Gasteiger partial charge in [0.2, 0.25) is 0 Å². The highest BCUT2D eigenvalue weighted by atomic mass is 32.2. The molecule has 0 saturated heterocycles. The van der Waals surface area contributed by atoms with Crippen LogP contribution in [0, 0.1) is 0 Å². The monoisotopic (exact) mass is 259 g/mol. The van der Waals surface area contributed by atoms with Crippen LogP contribution in [0.5, 0.6) is 0 Å². The predicted octanol–water partition coefficient (Wildman–Crippen LogP) is 2.34. The summed E-state index contributed by atoms with van der Waals surface area (Å²) < 4.78 is 1.87. The summed E-state index contributed by atoms with van der Waals surface area (Å²) in [5.41, 5.74) is 1.70. The van der Waals surface area contributed by atoms with Crippen molar-refractivity contribution in [3.63, 3.8) is 0 Å². The average Bonchev–Trinajstić information content (AvgIpc) is 2.89. The van der Waals surface area contributed by atoms with Gasteiger partial charge in [0.25, 0.3) is 5.91 Å². The van der Waals surface area contributed by atoms with Gasteiger partial charge in [0, 0.05) is 23.7 Å². The number of anilines is 1. The van der Waals surface area contributed by atoms with Gasteiger partial charge in [0.05, 0.1) is 0 Å². The van der Waals surface area contributed by atoms with Gasteiger partial charge in [-0.15, -0.1) is 0 Å². The molecule has 0 atom stereocenters. The fourth-order valence-electron chi connectivity index (χ4n) is 1.96. The van der Waals surface area contributed by atoms with Crippen LogP contribution in [0.15, 0.2) is 42.2 Å².